The summed E-state index contributed by atoms with van der Waals surface area (Å²) in [4.78, 5) is 18.4. The Morgan fingerprint density at radius 3 is 2.56 bits per heavy atom. The molecule has 0 saturated carbocycles. The van der Waals surface area contributed by atoms with Gasteiger partial charge >= 0.3 is 0 Å². The van der Waals surface area contributed by atoms with E-state index in [1.54, 1.807) is 13.3 Å². The van der Waals surface area contributed by atoms with E-state index in [9.17, 15) is 4.79 Å². The lowest BCUT2D eigenvalue weighted by molar-refractivity contribution is 0.415. The molecule has 25 heavy (non-hydrogen) atoms. The fourth-order valence-corrected chi connectivity index (χ4v) is 2.92. The molecule has 0 radical (unpaired) electrons. The Balaban J connectivity index is 1.73. The average Bonchev–Trinajstić information content (AvgIpc) is 3.13. The summed E-state index contributed by atoms with van der Waals surface area (Å²) in [5.41, 5.74) is 4.15. The Morgan fingerprint density at radius 2 is 1.76 bits per heavy atom. The molecular weight excluding hydrogens is 314 g/mol. The number of hydrogen-bond acceptors (Lipinski definition) is 3. The van der Waals surface area contributed by atoms with Crippen molar-refractivity contribution in [2.75, 3.05) is 12.4 Å². The average molecular weight is 331 g/mol. The van der Waals surface area contributed by atoms with Crippen LogP contribution in [-0.4, -0.2) is 17.1 Å². The van der Waals surface area contributed by atoms with Gasteiger partial charge in [0.2, 0.25) is 0 Å². The zero-order valence-corrected chi connectivity index (χ0v) is 13.7. The minimum absolute atomic E-state index is 0.117. The highest BCUT2D eigenvalue weighted by Crippen LogP contribution is 2.28. The summed E-state index contributed by atoms with van der Waals surface area (Å²) in [6.07, 6.45) is 3.55. The number of anilines is 2. The molecule has 2 aromatic heterocycles. The molecular formula is C20H17N3O2. The van der Waals surface area contributed by atoms with Gasteiger partial charge in [-0.3, -0.25) is 4.79 Å². The number of H-pyrrole nitrogens is 2. The van der Waals surface area contributed by atoms with E-state index in [0.717, 1.165) is 33.6 Å². The van der Waals surface area contributed by atoms with Crippen LogP contribution in [0.1, 0.15) is 0 Å². The van der Waals surface area contributed by atoms with E-state index in [2.05, 4.69) is 15.3 Å². The minimum atomic E-state index is -0.117. The number of ether oxygens (including phenoxy) is 1. The first-order valence-electron chi connectivity index (χ1n) is 7.95. The van der Waals surface area contributed by atoms with Crippen molar-refractivity contribution < 1.29 is 4.74 Å². The van der Waals surface area contributed by atoms with Crippen molar-refractivity contribution in [1.29, 1.82) is 0 Å². The van der Waals surface area contributed by atoms with Gasteiger partial charge in [0, 0.05) is 34.5 Å². The molecule has 4 aromatic rings. The molecule has 124 valence electrons. The normalized spacial score (nSPS) is 10.8. The van der Waals surface area contributed by atoms with Crippen LogP contribution in [0.4, 0.5) is 11.4 Å². The SMILES string of the molecule is COc1ccc(Nc2c[nH]c(=O)c(-c3cccc4[nH]ccc34)c2)cc1. The van der Waals surface area contributed by atoms with E-state index in [1.165, 1.54) is 0 Å². The quantitative estimate of drug-likeness (QED) is 0.523. The smallest absolute Gasteiger partial charge is 0.255 e. The van der Waals surface area contributed by atoms with Crippen LogP contribution in [-0.2, 0) is 0 Å². The summed E-state index contributed by atoms with van der Waals surface area (Å²) < 4.78 is 5.17. The van der Waals surface area contributed by atoms with Gasteiger partial charge in [0.15, 0.2) is 0 Å². The third-order valence-electron chi connectivity index (χ3n) is 4.17. The fraction of sp³-hybridized carbons (Fsp3) is 0.0500. The number of benzene rings is 2. The van der Waals surface area contributed by atoms with Gasteiger partial charge in [0.1, 0.15) is 5.75 Å². The lowest BCUT2D eigenvalue weighted by Gasteiger charge is -2.09. The molecule has 3 N–H and O–H groups in total. The Bertz CT molecular complexity index is 1080. The minimum Gasteiger partial charge on any atom is -0.497 e. The van der Waals surface area contributed by atoms with Crippen LogP contribution in [0.15, 0.2) is 71.8 Å². The van der Waals surface area contributed by atoms with Gasteiger partial charge in [-0.05, 0) is 48.0 Å². The Labute approximate surface area is 144 Å². The molecule has 0 fully saturated rings. The van der Waals surface area contributed by atoms with Crippen LogP contribution in [0.25, 0.3) is 22.0 Å². The Hall–Kier alpha value is -3.47. The van der Waals surface area contributed by atoms with Crippen LogP contribution < -0.4 is 15.6 Å². The maximum Gasteiger partial charge on any atom is 0.255 e. The molecule has 2 heterocycles. The van der Waals surface area contributed by atoms with Crippen molar-refractivity contribution in [1.82, 2.24) is 9.97 Å². The van der Waals surface area contributed by atoms with Crippen molar-refractivity contribution in [3.05, 3.63) is 77.3 Å². The third kappa shape index (κ3) is 2.87. The highest BCUT2D eigenvalue weighted by Gasteiger charge is 2.09. The molecule has 0 saturated heterocycles. The predicted octanol–water partition coefficient (Wildman–Crippen LogP) is 4.28. The number of aromatic nitrogens is 2. The third-order valence-corrected chi connectivity index (χ3v) is 4.17. The summed E-state index contributed by atoms with van der Waals surface area (Å²) in [6, 6.07) is 17.4. The predicted molar refractivity (Wildman–Crippen MR) is 101 cm³/mol. The van der Waals surface area contributed by atoms with Gasteiger partial charge in [0.05, 0.1) is 12.8 Å². The highest BCUT2D eigenvalue weighted by atomic mass is 16.5. The number of pyridine rings is 1. The zero-order chi connectivity index (χ0) is 17.2. The summed E-state index contributed by atoms with van der Waals surface area (Å²) in [5.74, 6) is 0.798. The van der Waals surface area contributed by atoms with Gasteiger partial charge in [-0.2, -0.15) is 0 Å². The van der Waals surface area contributed by atoms with Crippen molar-refractivity contribution in [3.63, 3.8) is 0 Å². The first kappa shape index (κ1) is 15.1. The Kier molecular flexibility index (Phi) is 3.74. The van der Waals surface area contributed by atoms with Crippen molar-refractivity contribution in [2.45, 2.75) is 0 Å². The molecule has 0 aliphatic rings. The van der Waals surface area contributed by atoms with Crippen molar-refractivity contribution >= 4 is 22.3 Å². The molecule has 0 unspecified atom stereocenters. The zero-order valence-electron chi connectivity index (χ0n) is 13.7. The molecule has 0 spiro atoms. The van der Waals surface area contributed by atoms with E-state index in [-0.39, 0.29) is 5.56 Å². The van der Waals surface area contributed by atoms with E-state index in [4.69, 9.17) is 4.74 Å². The summed E-state index contributed by atoms with van der Waals surface area (Å²) in [5, 5.41) is 4.32. The van der Waals surface area contributed by atoms with Gasteiger partial charge in [-0.1, -0.05) is 12.1 Å². The highest BCUT2D eigenvalue weighted by molar-refractivity contribution is 5.95. The molecule has 4 rings (SSSR count). The molecule has 0 bridgehead atoms. The first-order chi connectivity index (χ1) is 12.2. The fourth-order valence-electron chi connectivity index (χ4n) is 2.92. The first-order valence-corrected chi connectivity index (χ1v) is 7.95. The van der Waals surface area contributed by atoms with Crippen LogP contribution >= 0.6 is 0 Å². The van der Waals surface area contributed by atoms with Crippen LogP contribution in [0, 0.1) is 0 Å². The monoisotopic (exact) mass is 331 g/mol. The number of methoxy groups -OCH3 is 1. The van der Waals surface area contributed by atoms with E-state index >= 15 is 0 Å². The number of hydrogen-bond donors (Lipinski definition) is 3. The topological polar surface area (TPSA) is 69.9 Å². The number of fused-ring (bicyclic) bond motifs is 1. The number of nitrogens with one attached hydrogen (secondary N) is 3. The standard InChI is InChI=1S/C20H17N3O2/c1-25-15-7-5-13(6-8-15)23-14-11-18(20(24)22-12-14)16-3-2-4-19-17(16)9-10-21-19/h2-12,21,23H,1H3,(H,22,24). The number of rotatable bonds is 4. The van der Waals surface area contributed by atoms with Gasteiger partial charge in [-0.25, -0.2) is 0 Å². The summed E-state index contributed by atoms with van der Waals surface area (Å²) in [7, 11) is 1.64. The molecule has 0 aliphatic heterocycles. The van der Waals surface area contributed by atoms with Crippen LogP contribution in [0.2, 0.25) is 0 Å². The largest absolute Gasteiger partial charge is 0.497 e. The van der Waals surface area contributed by atoms with E-state index in [1.807, 2.05) is 60.8 Å². The van der Waals surface area contributed by atoms with Crippen LogP contribution in [0.3, 0.4) is 0 Å². The van der Waals surface area contributed by atoms with Crippen LogP contribution in [0.5, 0.6) is 5.75 Å². The van der Waals surface area contributed by atoms with Gasteiger partial charge in [-0.15, -0.1) is 0 Å². The van der Waals surface area contributed by atoms with Gasteiger partial charge in [0.25, 0.3) is 5.56 Å². The summed E-state index contributed by atoms with van der Waals surface area (Å²) >= 11 is 0. The summed E-state index contributed by atoms with van der Waals surface area (Å²) in [6.45, 7) is 0. The molecule has 0 aliphatic carbocycles. The van der Waals surface area contributed by atoms with E-state index in [0.29, 0.717) is 5.56 Å². The van der Waals surface area contributed by atoms with Gasteiger partial charge < -0.3 is 20.0 Å². The van der Waals surface area contributed by atoms with Crippen molar-refractivity contribution in [2.24, 2.45) is 0 Å². The second-order valence-corrected chi connectivity index (χ2v) is 5.73. The molecule has 2 aromatic carbocycles. The van der Waals surface area contributed by atoms with E-state index < -0.39 is 0 Å². The molecule has 0 atom stereocenters. The maximum absolute atomic E-state index is 12.4. The molecule has 5 nitrogen and oxygen atoms in total. The second kappa shape index (κ2) is 6.20. The molecule has 5 heteroatoms. The lowest BCUT2D eigenvalue weighted by Crippen LogP contribution is -2.09. The molecule has 0 amide bonds. The van der Waals surface area contributed by atoms with Crippen molar-refractivity contribution in [3.8, 4) is 16.9 Å². The lowest BCUT2D eigenvalue weighted by atomic mass is 10.0. The second-order valence-electron chi connectivity index (χ2n) is 5.73. The maximum atomic E-state index is 12.4. The number of aromatic amines is 2. The Morgan fingerprint density at radius 1 is 0.920 bits per heavy atom.